The number of nitrogens with one attached hydrogen (secondary N) is 1. The second-order valence-electron chi connectivity index (χ2n) is 4.27. The zero-order valence-corrected chi connectivity index (χ0v) is 12.1. The summed E-state index contributed by atoms with van der Waals surface area (Å²) in [6, 6.07) is 4.68. The first-order chi connectivity index (χ1) is 9.42. The van der Waals surface area contributed by atoms with Gasteiger partial charge in [0.1, 0.15) is 0 Å². The van der Waals surface area contributed by atoms with E-state index in [1.165, 1.54) is 12.1 Å². The first-order valence-electron chi connectivity index (χ1n) is 6.09. The van der Waals surface area contributed by atoms with Gasteiger partial charge in [-0.2, -0.15) is 4.98 Å². The van der Waals surface area contributed by atoms with Gasteiger partial charge in [0.25, 0.3) is 0 Å². The lowest BCUT2D eigenvalue weighted by Crippen LogP contribution is -2.24. The molecule has 8 heteroatoms. The Morgan fingerprint density at radius 2 is 2.15 bits per heavy atom. The standard InChI is InChI=1S/C12H16N4O3S/c1-3-9-4-5-10(6-11(9)13)20(17,18)14-7-12-15-8(2)19-16-12/h4-6,14H,3,7,13H2,1-2H3. The third-order valence-electron chi connectivity index (χ3n) is 2.80. The van der Waals surface area contributed by atoms with E-state index in [1.807, 2.05) is 6.92 Å². The first-order valence-corrected chi connectivity index (χ1v) is 7.58. The van der Waals surface area contributed by atoms with Crippen molar-refractivity contribution >= 4 is 15.7 Å². The molecule has 0 saturated heterocycles. The molecular weight excluding hydrogens is 280 g/mol. The summed E-state index contributed by atoms with van der Waals surface area (Å²) in [5, 5.41) is 3.62. The van der Waals surface area contributed by atoms with E-state index < -0.39 is 10.0 Å². The summed E-state index contributed by atoms with van der Waals surface area (Å²) in [7, 11) is -3.65. The SMILES string of the molecule is CCc1ccc(S(=O)(=O)NCc2noc(C)n2)cc1N. The summed E-state index contributed by atoms with van der Waals surface area (Å²) < 4.78 is 31.4. The number of aromatic nitrogens is 2. The summed E-state index contributed by atoms with van der Waals surface area (Å²) in [6.45, 7) is 3.56. The number of hydrogen-bond acceptors (Lipinski definition) is 6. The molecule has 0 saturated carbocycles. The molecule has 2 aromatic rings. The van der Waals surface area contributed by atoms with Crippen LogP contribution in [0.4, 0.5) is 5.69 Å². The van der Waals surface area contributed by atoms with Crippen LogP contribution in [0, 0.1) is 6.92 Å². The van der Waals surface area contributed by atoms with Crippen molar-refractivity contribution in [2.24, 2.45) is 0 Å². The quantitative estimate of drug-likeness (QED) is 0.796. The lowest BCUT2D eigenvalue weighted by atomic mass is 10.1. The van der Waals surface area contributed by atoms with Crippen LogP contribution in [0.15, 0.2) is 27.6 Å². The molecule has 1 aromatic carbocycles. The van der Waals surface area contributed by atoms with Gasteiger partial charge in [-0.1, -0.05) is 18.1 Å². The van der Waals surface area contributed by atoms with Gasteiger partial charge in [-0.15, -0.1) is 0 Å². The van der Waals surface area contributed by atoms with Gasteiger partial charge in [-0.3, -0.25) is 0 Å². The predicted octanol–water partition coefficient (Wildman–Crippen LogP) is 1.00. The van der Waals surface area contributed by atoms with E-state index in [0.717, 1.165) is 12.0 Å². The third kappa shape index (κ3) is 3.14. The topological polar surface area (TPSA) is 111 Å². The number of nitrogens with zero attached hydrogens (tertiary/aromatic N) is 2. The van der Waals surface area contributed by atoms with Crippen molar-refractivity contribution in [1.29, 1.82) is 0 Å². The van der Waals surface area contributed by atoms with Crippen LogP contribution >= 0.6 is 0 Å². The van der Waals surface area contributed by atoms with E-state index in [2.05, 4.69) is 14.9 Å². The molecule has 0 spiro atoms. The number of aryl methyl sites for hydroxylation is 2. The number of sulfonamides is 1. The molecule has 0 unspecified atom stereocenters. The lowest BCUT2D eigenvalue weighted by molar-refractivity contribution is 0.387. The minimum atomic E-state index is -3.65. The molecule has 20 heavy (non-hydrogen) atoms. The van der Waals surface area contributed by atoms with Gasteiger partial charge in [0.2, 0.25) is 15.9 Å². The fraction of sp³-hybridized carbons (Fsp3) is 0.333. The summed E-state index contributed by atoms with van der Waals surface area (Å²) in [6.07, 6.45) is 0.752. The Labute approximate surface area is 117 Å². The second kappa shape index (κ2) is 5.59. The number of hydrogen-bond donors (Lipinski definition) is 2. The Bertz CT molecular complexity index is 709. The normalized spacial score (nSPS) is 11.7. The van der Waals surface area contributed by atoms with Gasteiger partial charge < -0.3 is 10.3 Å². The molecule has 7 nitrogen and oxygen atoms in total. The third-order valence-corrected chi connectivity index (χ3v) is 4.20. The van der Waals surface area contributed by atoms with Crippen molar-refractivity contribution in [3.05, 3.63) is 35.5 Å². The molecule has 1 aromatic heterocycles. The van der Waals surface area contributed by atoms with Crippen LogP contribution in [0.25, 0.3) is 0 Å². The minimum Gasteiger partial charge on any atom is -0.398 e. The van der Waals surface area contributed by atoms with Gasteiger partial charge in [-0.25, -0.2) is 13.1 Å². The number of nitrogens with two attached hydrogens (primary N) is 1. The molecule has 0 fully saturated rings. The van der Waals surface area contributed by atoms with Crippen LogP contribution in [0.2, 0.25) is 0 Å². The van der Waals surface area contributed by atoms with E-state index >= 15 is 0 Å². The van der Waals surface area contributed by atoms with E-state index in [-0.39, 0.29) is 17.3 Å². The zero-order valence-electron chi connectivity index (χ0n) is 11.3. The molecule has 0 atom stereocenters. The van der Waals surface area contributed by atoms with Crippen molar-refractivity contribution in [1.82, 2.24) is 14.9 Å². The Morgan fingerprint density at radius 1 is 1.40 bits per heavy atom. The molecule has 108 valence electrons. The van der Waals surface area contributed by atoms with Crippen molar-refractivity contribution in [3.8, 4) is 0 Å². The molecule has 0 aliphatic carbocycles. The summed E-state index contributed by atoms with van der Waals surface area (Å²) in [4.78, 5) is 4.04. The Hall–Kier alpha value is -1.93. The molecule has 0 aliphatic heterocycles. The second-order valence-corrected chi connectivity index (χ2v) is 6.04. The molecule has 1 heterocycles. The number of benzene rings is 1. The highest BCUT2D eigenvalue weighted by Gasteiger charge is 2.16. The Balaban J connectivity index is 2.15. The maximum atomic E-state index is 12.1. The maximum absolute atomic E-state index is 12.1. The van der Waals surface area contributed by atoms with Gasteiger partial charge in [0.05, 0.1) is 11.4 Å². The van der Waals surface area contributed by atoms with Crippen molar-refractivity contribution in [2.75, 3.05) is 5.73 Å². The van der Waals surface area contributed by atoms with Crippen molar-refractivity contribution in [3.63, 3.8) is 0 Å². The minimum absolute atomic E-state index is 0.0326. The van der Waals surface area contributed by atoms with Crippen LogP contribution < -0.4 is 10.5 Å². The largest absolute Gasteiger partial charge is 0.398 e. The highest BCUT2D eigenvalue weighted by molar-refractivity contribution is 7.89. The van der Waals surface area contributed by atoms with Gasteiger partial charge in [-0.05, 0) is 24.1 Å². The molecular formula is C12H16N4O3S. The summed E-state index contributed by atoms with van der Waals surface area (Å²) >= 11 is 0. The smallest absolute Gasteiger partial charge is 0.241 e. The van der Waals surface area contributed by atoms with E-state index in [0.29, 0.717) is 11.6 Å². The van der Waals surface area contributed by atoms with Crippen LogP contribution in [-0.2, 0) is 23.0 Å². The summed E-state index contributed by atoms with van der Waals surface area (Å²) in [5.74, 6) is 0.667. The van der Waals surface area contributed by atoms with E-state index in [4.69, 9.17) is 10.3 Å². The molecule has 0 amide bonds. The molecule has 0 radical (unpaired) electrons. The molecule has 0 bridgehead atoms. The van der Waals surface area contributed by atoms with Gasteiger partial charge >= 0.3 is 0 Å². The average molecular weight is 296 g/mol. The van der Waals surface area contributed by atoms with Gasteiger partial charge in [0.15, 0.2) is 5.82 Å². The van der Waals surface area contributed by atoms with Gasteiger partial charge in [0, 0.05) is 12.6 Å². The first kappa shape index (κ1) is 14.5. The van der Waals surface area contributed by atoms with Crippen LogP contribution in [0.1, 0.15) is 24.2 Å². The lowest BCUT2D eigenvalue weighted by Gasteiger charge is -2.08. The molecule has 0 aliphatic rings. The highest BCUT2D eigenvalue weighted by Crippen LogP contribution is 2.18. The Kier molecular flexibility index (Phi) is 4.05. The summed E-state index contributed by atoms with van der Waals surface area (Å²) in [5.41, 5.74) is 7.19. The number of nitrogen functional groups attached to an aromatic ring is 1. The fourth-order valence-corrected chi connectivity index (χ4v) is 2.73. The zero-order chi connectivity index (χ0) is 14.8. The van der Waals surface area contributed by atoms with E-state index in [9.17, 15) is 8.42 Å². The van der Waals surface area contributed by atoms with Crippen molar-refractivity contribution < 1.29 is 12.9 Å². The predicted molar refractivity (Wildman–Crippen MR) is 73.3 cm³/mol. The van der Waals surface area contributed by atoms with Crippen molar-refractivity contribution in [2.45, 2.75) is 31.7 Å². The average Bonchev–Trinajstić information content (AvgIpc) is 2.82. The molecule has 3 N–H and O–H groups in total. The monoisotopic (exact) mass is 296 g/mol. The fourth-order valence-electron chi connectivity index (χ4n) is 1.72. The number of rotatable bonds is 5. The Morgan fingerprint density at radius 3 is 2.70 bits per heavy atom. The number of anilines is 1. The maximum Gasteiger partial charge on any atom is 0.241 e. The highest BCUT2D eigenvalue weighted by atomic mass is 32.2. The van der Waals surface area contributed by atoms with Crippen LogP contribution in [0.5, 0.6) is 0 Å². The van der Waals surface area contributed by atoms with Crippen LogP contribution in [-0.4, -0.2) is 18.6 Å². The van der Waals surface area contributed by atoms with Crippen LogP contribution in [0.3, 0.4) is 0 Å². The van der Waals surface area contributed by atoms with E-state index in [1.54, 1.807) is 13.0 Å². The molecule has 2 rings (SSSR count).